The van der Waals surface area contributed by atoms with Crippen LogP contribution in [0.2, 0.25) is 8.67 Å². The van der Waals surface area contributed by atoms with Gasteiger partial charge in [0.1, 0.15) is 10.2 Å². The van der Waals surface area contributed by atoms with Gasteiger partial charge < -0.3 is 0 Å². The molecule has 2 rings (SSSR count). The zero-order chi connectivity index (χ0) is 13.1. The summed E-state index contributed by atoms with van der Waals surface area (Å²) in [4.78, 5) is 12.7. The van der Waals surface area contributed by atoms with Gasteiger partial charge in [-0.15, -0.1) is 23.1 Å². The summed E-state index contributed by atoms with van der Waals surface area (Å²) in [6.45, 7) is 0. The number of carbonyl (C=O) groups excluding carboxylic acids is 1. The summed E-state index contributed by atoms with van der Waals surface area (Å²) in [5.41, 5.74) is 0.446. The molecule has 1 aromatic heterocycles. The Bertz CT molecular complexity index is 566. The van der Waals surface area contributed by atoms with Gasteiger partial charge in [0.15, 0.2) is 5.78 Å². The molecule has 0 atom stereocenters. The van der Waals surface area contributed by atoms with E-state index < -0.39 is 0 Å². The van der Waals surface area contributed by atoms with Crippen LogP contribution in [-0.2, 0) is 0 Å². The number of thioether (sulfide) groups is 1. The van der Waals surface area contributed by atoms with Gasteiger partial charge in [-0.25, -0.2) is 4.39 Å². The molecule has 0 aliphatic carbocycles. The summed E-state index contributed by atoms with van der Waals surface area (Å²) in [7, 11) is 0. The number of thiophene rings is 1. The van der Waals surface area contributed by atoms with Crippen molar-refractivity contribution in [2.45, 2.75) is 4.90 Å². The second-order valence-corrected chi connectivity index (χ2v) is 6.74. The van der Waals surface area contributed by atoms with Gasteiger partial charge in [0.25, 0.3) is 0 Å². The molecule has 6 heteroatoms. The first-order chi connectivity index (χ1) is 8.56. The predicted octanol–water partition coefficient (Wildman–Crippen LogP) is 5.17. The van der Waals surface area contributed by atoms with Gasteiger partial charge in [0.05, 0.1) is 10.1 Å². The quantitative estimate of drug-likeness (QED) is 0.571. The van der Waals surface area contributed by atoms with Gasteiger partial charge in [-0.3, -0.25) is 4.79 Å². The maximum atomic E-state index is 12.7. The van der Waals surface area contributed by atoms with Crippen LogP contribution < -0.4 is 0 Å². The van der Waals surface area contributed by atoms with E-state index in [0.717, 1.165) is 4.90 Å². The third-order valence-electron chi connectivity index (χ3n) is 2.14. The molecule has 0 saturated carbocycles. The van der Waals surface area contributed by atoms with Crippen LogP contribution in [0.3, 0.4) is 0 Å². The lowest BCUT2D eigenvalue weighted by molar-refractivity contribution is 0.102. The van der Waals surface area contributed by atoms with E-state index in [1.807, 2.05) is 0 Å². The van der Waals surface area contributed by atoms with E-state index >= 15 is 0 Å². The van der Waals surface area contributed by atoms with Gasteiger partial charge >= 0.3 is 0 Å². The third kappa shape index (κ3) is 3.48. The SMILES string of the molecule is O=C(CSc1ccc(F)cc1)c1cc(Cl)sc1Cl. The first kappa shape index (κ1) is 13.9. The molecule has 0 radical (unpaired) electrons. The average molecular weight is 321 g/mol. The van der Waals surface area contributed by atoms with Crippen LogP contribution in [0, 0.1) is 5.82 Å². The highest BCUT2D eigenvalue weighted by Crippen LogP contribution is 2.32. The van der Waals surface area contributed by atoms with Gasteiger partial charge in [-0.05, 0) is 30.3 Å². The van der Waals surface area contributed by atoms with Crippen LogP contribution in [0.25, 0.3) is 0 Å². The maximum Gasteiger partial charge on any atom is 0.175 e. The van der Waals surface area contributed by atoms with Gasteiger partial charge in [-0.2, -0.15) is 0 Å². The topological polar surface area (TPSA) is 17.1 Å². The Balaban J connectivity index is 2.00. The summed E-state index contributed by atoms with van der Waals surface area (Å²) < 4.78 is 13.6. The highest BCUT2D eigenvalue weighted by atomic mass is 35.5. The van der Waals surface area contributed by atoms with Crippen molar-refractivity contribution in [2.75, 3.05) is 5.75 Å². The molecule has 0 aliphatic heterocycles. The third-order valence-corrected chi connectivity index (χ3v) is 4.64. The summed E-state index contributed by atoms with van der Waals surface area (Å²) in [5.74, 6) is -0.130. The first-order valence-corrected chi connectivity index (χ1v) is 7.48. The van der Waals surface area contributed by atoms with Crippen LogP contribution in [-0.4, -0.2) is 11.5 Å². The number of hydrogen-bond acceptors (Lipinski definition) is 3. The Morgan fingerprint density at radius 3 is 2.50 bits per heavy atom. The van der Waals surface area contributed by atoms with Crippen molar-refractivity contribution in [1.29, 1.82) is 0 Å². The smallest absolute Gasteiger partial charge is 0.175 e. The molecule has 0 N–H and O–H groups in total. The zero-order valence-corrected chi connectivity index (χ0v) is 12.1. The number of benzene rings is 1. The van der Waals surface area contributed by atoms with Crippen molar-refractivity contribution >= 4 is 52.1 Å². The minimum Gasteiger partial charge on any atom is -0.293 e. The molecule has 0 bridgehead atoms. The van der Waals surface area contributed by atoms with E-state index in [0.29, 0.717) is 14.2 Å². The van der Waals surface area contributed by atoms with Crippen molar-refractivity contribution < 1.29 is 9.18 Å². The predicted molar refractivity (Wildman–Crippen MR) is 75.8 cm³/mol. The fraction of sp³-hybridized carbons (Fsp3) is 0.0833. The molecule has 2 aromatic rings. The number of rotatable bonds is 4. The van der Waals surface area contributed by atoms with Gasteiger partial charge in [-0.1, -0.05) is 23.2 Å². The Kier molecular flexibility index (Phi) is 4.67. The summed E-state index contributed by atoms with van der Waals surface area (Å²) in [5, 5.41) is 0. The highest BCUT2D eigenvalue weighted by molar-refractivity contribution is 8.00. The molecule has 1 aromatic carbocycles. The lowest BCUT2D eigenvalue weighted by Gasteiger charge is -2.00. The van der Waals surface area contributed by atoms with E-state index in [4.69, 9.17) is 23.2 Å². The number of Topliss-reactive ketones (excluding diaryl/α,β-unsaturated/α-hetero) is 1. The van der Waals surface area contributed by atoms with E-state index in [2.05, 4.69) is 0 Å². The van der Waals surface area contributed by atoms with Crippen LogP contribution in [0.15, 0.2) is 35.2 Å². The minimum atomic E-state index is -0.293. The largest absolute Gasteiger partial charge is 0.293 e. The van der Waals surface area contributed by atoms with E-state index in [1.54, 1.807) is 18.2 Å². The summed E-state index contributed by atoms with van der Waals surface area (Å²) >= 11 is 14.2. The Hall–Kier alpha value is -0.550. The molecule has 18 heavy (non-hydrogen) atoms. The van der Waals surface area contributed by atoms with Crippen molar-refractivity contribution in [3.8, 4) is 0 Å². The number of ketones is 1. The van der Waals surface area contributed by atoms with E-state index in [9.17, 15) is 9.18 Å². The van der Waals surface area contributed by atoms with E-state index in [1.165, 1.54) is 35.2 Å². The molecule has 1 nitrogen and oxygen atoms in total. The van der Waals surface area contributed by atoms with E-state index in [-0.39, 0.29) is 17.4 Å². The lowest BCUT2D eigenvalue weighted by Crippen LogP contribution is -2.01. The second kappa shape index (κ2) is 6.06. The monoisotopic (exact) mass is 320 g/mol. The summed E-state index contributed by atoms with van der Waals surface area (Å²) in [6.07, 6.45) is 0. The fourth-order valence-electron chi connectivity index (χ4n) is 1.29. The molecule has 0 aliphatic rings. The summed E-state index contributed by atoms with van der Waals surface area (Å²) in [6, 6.07) is 7.57. The Morgan fingerprint density at radius 1 is 1.28 bits per heavy atom. The molecule has 0 saturated heterocycles. The van der Waals surface area contributed by atoms with Crippen LogP contribution in [0.1, 0.15) is 10.4 Å². The molecule has 0 spiro atoms. The van der Waals surface area contributed by atoms with Gasteiger partial charge in [0.2, 0.25) is 0 Å². The van der Waals surface area contributed by atoms with Crippen molar-refractivity contribution in [2.24, 2.45) is 0 Å². The molecular formula is C12H7Cl2FOS2. The average Bonchev–Trinajstić information content (AvgIpc) is 2.67. The maximum absolute atomic E-state index is 12.7. The highest BCUT2D eigenvalue weighted by Gasteiger charge is 2.14. The molecule has 0 amide bonds. The molecule has 94 valence electrons. The molecule has 0 unspecified atom stereocenters. The number of carbonyl (C=O) groups is 1. The number of halogens is 3. The minimum absolute atomic E-state index is 0.0857. The van der Waals surface area contributed by atoms with Crippen LogP contribution in [0.4, 0.5) is 4.39 Å². The molecular weight excluding hydrogens is 314 g/mol. The lowest BCUT2D eigenvalue weighted by atomic mass is 10.2. The standard InChI is InChI=1S/C12H7Cl2FOS2/c13-11-5-9(12(14)18-11)10(16)6-17-8-3-1-7(15)2-4-8/h1-5H,6H2. The van der Waals surface area contributed by atoms with Crippen LogP contribution in [0.5, 0.6) is 0 Å². The normalized spacial score (nSPS) is 10.6. The Morgan fingerprint density at radius 2 is 1.94 bits per heavy atom. The zero-order valence-electron chi connectivity index (χ0n) is 8.95. The first-order valence-electron chi connectivity index (χ1n) is 4.92. The Labute approximate surface area is 122 Å². The van der Waals surface area contributed by atoms with Crippen LogP contribution >= 0.6 is 46.3 Å². The van der Waals surface area contributed by atoms with Crippen molar-refractivity contribution in [1.82, 2.24) is 0 Å². The molecule has 1 heterocycles. The second-order valence-electron chi connectivity index (χ2n) is 3.40. The number of hydrogen-bond donors (Lipinski definition) is 0. The fourth-order valence-corrected chi connectivity index (χ4v) is 3.57. The van der Waals surface area contributed by atoms with Gasteiger partial charge in [0, 0.05) is 10.5 Å². The van der Waals surface area contributed by atoms with Crippen molar-refractivity contribution in [3.05, 3.63) is 50.4 Å². The molecule has 0 fully saturated rings. The van der Waals surface area contributed by atoms with Crippen molar-refractivity contribution in [3.63, 3.8) is 0 Å².